The maximum absolute atomic E-state index is 12.1. The van der Waals surface area contributed by atoms with Gasteiger partial charge in [0.1, 0.15) is 0 Å². The van der Waals surface area contributed by atoms with Gasteiger partial charge >= 0.3 is 12.0 Å². The van der Waals surface area contributed by atoms with Crippen molar-refractivity contribution in [3.8, 4) is 0 Å². The van der Waals surface area contributed by atoms with Crippen LogP contribution in [0.5, 0.6) is 0 Å². The molecule has 0 aliphatic rings. The second-order valence-electron chi connectivity index (χ2n) is 4.93. The number of carboxylic acid groups (broad SMARTS) is 1. The summed E-state index contributed by atoms with van der Waals surface area (Å²) >= 11 is 3.26. The van der Waals surface area contributed by atoms with E-state index in [4.69, 9.17) is 5.11 Å². The highest BCUT2D eigenvalue weighted by Gasteiger charge is 2.19. The summed E-state index contributed by atoms with van der Waals surface area (Å²) < 4.78 is 0.535. The number of anilines is 1. The van der Waals surface area contributed by atoms with Crippen LogP contribution in [0.25, 0.3) is 0 Å². The zero-order valence-electron chi connectivity index (χ0n) is 12.4. The molecule has 0 bridgehead atoms. The number of amides is 2. The molecule has 0 fully saturated rings. The van der Waals surface area contributed by atoms with E-state index >= 15 is 0 Å². The van der Waals surface area contributed by atoms with Gasteiger partial charge in [0.05, 0.1) is 11.3 Å². The summed E-state index contributed by atoms with van der Waals surface area (Å²) in [5, 5.41) is 14.6. The highest BCUT2D eigenvalue weighted by atomic mass is 79.9. The van der Waals surface area contributed by atoms with E-state index in [1.54, 1.807) is 12.1 Å². The van der Waals surface area contributed by atoms with Gasteiger partial charge in [-0.05, 0) is 40.9 Å². The van der Waals surface area contributed by atoms with Gasteiger partial charge in [-0.1, -0.05) is 32.8 Å². The lowest BCUT2D eigenvalue weighted by Gasteiger charge is -2.23. The number of para-hydroxylation sites is 1. The van der Waals surface area contributed by atoms with Crippen molar-refractivity contribution in [3.63, 3.8) is 0 Å². The quantitative estimate of drug-likeness (QED) is 0.717. The lowest BCUT2D eigenvalue weighted by atomic mass is 9.96. The third-order valence-electron chi connectivity index (χ3n) is 3.60. The zero-order valence-corrected chi connectivity index (χ0v) is 14.0. The third kappa shape index (κ3) is 4.74. The number of carboxylic acids is 1. The smallest absolute Gasteiger partial charge is 0.337 e. The van der Waals surface area contributed by atoms with Gasteiger partial charge in [-0.25, -0.2) is 9.59 Å². The van der Waals surface area contributed by atoms with Gasteiger partial charge in [-0.2, -0.15) is 0 Å². The molecule has 0 radical (unpaired) electrons. The maximum Gasteiger partial charge on any atom is 0.337 e. The maximum atomic E-state index is 12.1. The molecule has 0 saturated carbocycles. The summed E-state index contributed by atoms with van der Waals surface area (Å²) in [7, 11) is 0. The van der Waals surface area contributed by atoms with Crippen LogP contribution >= 0.6 is 15.9 Å². The Hall–Kier alpha value is -1.56. The van der Waals surface area contributed by atoms with Crippen molar-refractivity contribution < 1.29 is 14.7 Å². The zero-order chi connectivity index (χ0) is 16.0. The van der Waals surface area contributed by atoms with Crippen molar-refractivity contribution in [1.29, 1.82) is 0 Å². The number of carbonyl (C=O) groups excluding carboxylic acids is 1. The van der Waals surface area contributed by atoms with Crippen molar-refractivity contribution in [2.45, 2.75) is 39.7 Å². The fraction of sp³-hybridized carbons (Fsp3) is 0.467. The summed E-state index contributed by atoms with van der Waals surface area (Å²) in [5.74, 6) is -0.687. The Morgan fingerprint density at radius 2 is 1.90 bits per heavy atom. The number of benzene rings is 1. The molecule has 3 N–H and O–H groups in total. The first-order chi connectivity index (χ1) is 9.90. The van der Waals surface area contributed by atoms with Crippen molar-refractivity contribution in [2.75, 3.05) is 5.32 Å². The molecule has 0 aliphatic carbocycles. The highest BCUT2D eigenvalue weighted by Crippen LogP contribution is 2.26. The van der Waals surface area contributed by atoms with Gasteiger partial charge in [0, 0.05) is 10.5 Å². The Kier molecular flexibility index (Phi) is 6.68. The van der Waals surface area contributed by atoms with Crippen molar-refractivity contribution in [2.24, 2.45) is 5.92 Å². The van der Waals surface area contributed by atoms with Crippen LogP contribution in [0.1, 0.15) is 44.0 Å². The van der Waals surface area contributed by atoms with E-state index in [1.807, 2.05) is 6.92 Å². The fourth-order valence-corrected chi connectivity index (χ4v) is 2.76. The number of aromatic carboxylic acids is 1. The lowest BCUT2D eigenvalue weighted by Crippen LogP contribution is -2.40. The lowest BCUT2D eigenvalue weighted by molar-refractivity contribution is 0.0698. The average molecular weight is 357 g/mol. The fourth-order valence-electron chi connectivity index (χ4n) is 2.30. The topological polar surface area (TPSA) is 78.4 Å². The van der Waals surface area contributed by atoms with Gasteiger partial charge in [0.15, 0.2) is 0 Å². The minimum atomic E-state index is -1.08. The molecule has 6 heteroatoms. The molecule has 0 heterocycles. The minimum absolute atomic E-state index is 0.0239. The molecule has 0 spiro atoms. The van der Waals surface area contributed by atoms with Gasteiger partial charge in [0.25, 0.3) is 0 Å². The number of urea groups is 1. The summed E-state index contributed by atoms with van der Waals surface area (Å²) in [6, 6.07) is 4.38. The Balaban J connectivity index is 2.82. The van der Waals surface area contributed by atoms with E-state index in [0.717, 1.165) is 12.8 Å². The van der Waals surface area contributed by atoms with Crippen LogP contribution in [-0.4, -0.2) is 23.1 Å². The second kappa shape index (κ2) is 8.02. The Bertz CT molecular complexity index is 516. The minimum Gasteiger partial charge on any atom is -0.478 e. The van der Waals surface area contributed by atoms with E-state index in [1.165, 1.54) is 6.07 Å². The van der Waals surface area contributed by atoms with E-state index < -0.39 is 12.0 Å². The summed E-state index contributed by atoms with van der Waals surface area (Å²) in [6.45, 7) is 6.12. The highest BCUT2D eigenvalue weighted by molar-refractivity contribution is 9.10. The number of hydrogen-bond donors (Lipinski definition) is 3. The molecule has 0 aliphatic heterocycles. The average Bonchev–Trinajstić information content (AvgIpc) is 2.42. The molecule has 5 nitrogen and oxygen atoms in total. The molecule has 1 aromatic rings. The van der Waals surface area contributed by atoms with Gasteiger partial charge in [0.2, 0.25) is 0 Å². The van der Waals surface area contributed by atoms with Crippen LogP contribution in [0.3, 0.4) is 0 Å². The van der Waals surface area contributed by atoms with E-state index in [-0.39, 0.29) is 17.3 Å². The van der Waals surface area contributed by atoms with Crippen LogP contribution < -0.4 is 10.6 Å². The van der Waals surface area contributed by atoms with Crippen LogP contribution in [0.4, 0.5) is 10.5 Å². The number of halogens is 1. The summed E-state index contributed by atoms with van der Waals surface area (Å²) in [4.78, 5) is 23.2. The van der Waals surface area contributed by atoms with E-state index in [0.29, 0.717) is 10.4 Å². The summed E-state index contributed by atoms with van der Waals surface area (Å²) in [5.41, 5.74) is 0.314. The van der Waals surface area contributed by atoms with E-state index in [9.17, 15) is 9.59 Å². The van der Waals surface area contributed by atoms with Crippen molar-refractivity contribution >= 4 is 33.6 Å². The Morgan fingerprint density at radius 3 is 2.43 bits per heavy atom. The first-order valence-corrected chi connectivity index (χ1v) is 7.79. The molecular formula is C15H21BrN2O3. The molecule has 2 amide bonds. The number of rotatable bonds is 6. The van der Waals surface area contributed by atoms with Crippen molar-refractivity contribution in [3.05, 3.63) is 28.2 Å². The normalized spacial score (nSPS) is 12.0. The Morgan fingerprint density at radius 1 is 1.29 bits per heavy atom. The SMILES string of the molecule is CCC(CC)C(C)NC(=O)Nc1c(Br)cccc1C(=O)O. The van der Waals surface area contributed by atoms with Gasteiger partial charge in [-0.3, -0.25) is 0 Å². The summed E-state index contributed by atoms with van der Waals surface area (Å²) in [6.07, 6.45) is 1.96. The van der Waals surface area contributed by atoms with Gasteiger partial charge < -0.3 is 15.7 Å². The third-order valence-corrected chi connectivity index (χ3v) is 4.26. The largest absolute Gasteiger partial charge is 0.478 e. The van der Waals surface area contributed by atoms with Crippen molar-refractivity contribution in [1.82, 2.24) is 5.32 Å². The van der Waals surface area contributed by atoms with Gasteiger partial charge in [-0.15, -0.1) is 0 Å². The van der Waals surface area contributed by atoms with Crippen LogP contribution in [-0.2, 0) is 0 Å². The van der Waals surface area contributed by atoms with Crippen LogP contribution in [0, 0.1) is 5.92 Å². The van der Waals surface area contributed by atoms with Crippen LogP contribution in [0.2, 0.25) is 0 Å². The van der Waals surface area contributed by atoms with E-state index in [2.05, 4.69) is 40.4 Å². The molecule has 21 heavy (non-hydrogen) atoms. The molecule has 1 aromatic carbocycles. The standard InChI is InChI=1S/C15H21BrN2O3/c1-4-10(5-2)9(3)17-15(21)18-13-11(14(19)20)7-6-8-12(13)16/h6-10H,4-5H2,1-3H3,(H,19,20)(H2,17,18,21). The first-order valence-electron chi connectivity index (χ1n) is 6.99. The van der Waals surface area contributed by atoms with Crippen LogP contribution in [0.15, 0.2) is 22.7 Å². The Labute approximate surface area is 133 Å². The molecule has 0 aromatic heterocycles. The number of carbonyl (C=O) groups is 2. The monoisotopic (exact) mass is 356 g/mol. The molecule has 1 atom stereocenters. The first kappa shape index (κ1) is 17.5. The molecule has 116 valence electrons. The molecular weight excluding hydrogens is 336 g/mol. The predicted molar refractivity (Wildman–Crippen MR) is 86.8 cm³/mol. The molecule has 0 saturated heterocycles. The second-order valence-corrected chi connectivity index (χ2v) is 5.79. The predicted octanol–water partition coefficient (Wildman–Crippen LogP) is 4.09. The number of hydrogen-bond acceptors (Lipinski definition) is 2. The number of nitrogens with one attached hydrogen (secondary N) is 2. The molecule has 1 unspecified atom stereocenters. The molecule has 1 rings (SSSR count).